The molecule has 0 aliphatic carbocycles. The third-order valence-electron chi connectivity index (χ3n) is 2.94. The fourth-order valence-electron chi connectivity index (χ4n) is 2.27. The zero-order valence-corrected chi connectivity index (χ0v) is 7.42. The van der Waals surface area contributed by atoms with Gasteiger partial charge in [0.05, 0.1) is 12.8 Å². The zero-order chi connectivity index (χ0) is 8.67. The van der Waals surface area contributed by atoms with Gasteiger partial charge in [-0.05, 0) is 19.4 Å². The molecule has 2 atom stereocenters. The predicted molar refractivity (Wildman–Crippen MR) is 47.1 cm³/mol. The SMILES string of the molecule is c1n[nH]c2c1CO[C@@H]1NCCCC21. The molecule has 4 heteroatoms. The lowest BCUT2D eigenvalue weighted by Crippen LogP contribution is -2.44. The van der Waals surface area contributed by atoms with Crippen LogP contribution in [-0.4, -0.2) is 23.0 Å². The molecule has 1 unspecified atom stereocenters. The highest BCUT2D eigenvalue weighted by atomic mass is 16.5. The second kappa shape index (κ2) is 2.82. The number of aromatic nitrogens is 2. The lowest BCUT2D eigenvalue weighted by molar-refractivity contribution is -0.0278. The molecule has 3 heterocycles. The molecule has 2 aliphatic heterocycles. The van der Waals surface area contributed by atoms with Crippen LogP contribution in [0.15, 0.2) is 6.20 Å². The van der Waals surface area contributed by atoms with Crippen LogP contribution in [-0.2, 0) is 11.3 Å². The molecule has 3 rings (SSSR count). The minimum absolute atomic E-state index is 0.210. The second-order valence-electron chi connectivity index (χ2n) is 3.74. The van der Waals surface area contributed by atoms with Gasteiger partial charge in [-0.1, -0.05) is 0 Å². The van der Waals surface area contributed by atoms with Gasteiger partial charge in [-0.25, -0.2) is 0 Å². The highest BCUT2D eigenvalue weighted by Gasteiger charge is 2.33. The lowest BCUT2D eigenvalue weighted by atomic mass is 9.90. The molecule has 1 aromatic heterocycles. The van der Waals surface area contributed by atoms with E-state index in [2.05, 4.69) is 15.5 Å². The van der Waals surface area contributed by atoms with Gasteiger partial charge in [-0.2, -0.15) is 5.10 Å². The molecule has 1 aromatic rings. The molecule has 0 aromatic carbocycles. The average molecular weight is 179 g/mol. The molecule has 2 N–H and O–H groups in total. The topological polar surface area (TPSA) is 49.9 Å². The lowest BCUT2D eigenvalue weighted by Gasteiger charge is -2.35. The van der Waals surface area contributed by atoms with E-state index in [0.717, 1.165) is 6.54 Å². The molecule has 13 heavy (non-hydrogen) atoms. The van der Waals surface area contributed by atoms with Crippen molar-refractivity contribution in [2.75, 3.05) is 6.54 Å². The van der Waals surface area contributed by atoms with Gasteiger partial charge in [0.15, 0.2) is 0 Å². The Kier molecular flexibility index (Phi) is 1.63. The summed E-state index contributed by atoms with van der Waals surface area (Å²) in [5.74, 6) is 0.486. The van der Waals surface area contributed by atoms with Crippen LogP contribution in [0.1, 0.15) is 30.0 Å². The number of hydrogen-bond acceptors (Lipinski definition) is 3. The van der Waals surface area contributed by atoms with Crippen molar-refractivity contribution >= 4 is 0 Å². The van der Waals surface area contributed by atoms with Crippen LogP contribution in [0.25, 0.3) is 0 Å². The van der Waals surface area contributed by atoms with Crippen LogP contribution in [0.5, 0.6) is 0 Å². The summed E-state index contributed by atoms with van der Waals surface area (Å²) in [7, 11) is 0. The van der Waals surface area contributed by atoms with Crippen LogP contribution in [0.4, 0.5) is 0 Å². The monoisotopic (exact) mass is 179 g/mol. The maximum absolute atomic E-state index is 5.70. The number of nitrogens with zero attached hydrogens (tertiary/aromatic N) is 1. The maximum atomic E-state index is 5.70. The third-order valence-corrected chi connectivity index (χ3v) is 2.94. The maximum Gasteiger partial charge on any atom is 0.117 e. The molecule has 1 fully saturated rings. The van der Waals surface area contributed by atoms with Gasteiger partial charge in [0.1, 0.15) is 6.23 Å². The quantitative estimate of drug-likeness (QED) is 0.617. The normalized spacial score (nSPS) is 32.3. The van der Waals surface area contributed by atoms with Crippen LogP contribution in [0, 0.1) is 0 Å². The summed E-state index contributed by atoms with van der Waals surface area (Å²) >= 11 is 0. The molecule has 0 spiro atoms. The molecular weight excluding hydrogens is 166 g/mol. The van der Waals surface area contributed by atoms with Gasteiger partial charge < -0.3 is 4.74 Å². The molecule has 4 nitrogen and oxygen atoms in total. The first-order chi connectivity index (χ1) is 6.45. The van der Waals surface area contributed by atoms with Gasteiger partial charge in [0.2, 0.25) is 0 Å². The first-order valence-electron chi connectivity index (χ1n) is 4.82. The van der Waals surface area contributed by atoms with Crippen LogP contribution in [0.2, 0.25) is 0 Å². The first-order valence-corrected chi connectivity index (χ1v) is 4.82. The van der Waals surface area contributed by atoms with Crippen molar-refractivity contribution < 1.29 is 4.74 Å². The number of nitrogens with one attached hydrogen (secondary N) is 2. The molecule has 0 amide bonds. The number of piperidine rings is 1. The van der Waals surface area contributed by atoms with Gasteiger partial charge in [0, 0.05) is 17.2 Å². The number of aromatic amines is 1. The molecule has 0 radical (unpaired) electrons. The number of fused-ring (bicyclic) bond motifs is 3. The van der Waals surface area contributed by atoms with E-state index in [-0.39, 0.29) is 6.23 Å². The Morgan fingerprint density at radius 2 is 2.54 bits per heavy atom. The molecule has 2 aliphatic rings. The Hall–Kier alpha value is -0.870. The van der Waals surface area contributed by atoms with E-state index >= 15 is 0 Å². The van der Waals surface area contributed by atoms with E-state index in [0.29, 0.717) is 12.5 Å². The fourth-order valence-corrected chi connectivity index (χ4v) is 2.27. The van der Waals surface area contributed by atoms with Crippen molar-refractivity contribution in [3.8, 4) is 0 Å². The van der Waals surface area contributed by atoms with E-state index < -0.39 is 0 Å². The fraction of sp³-hybridized carbons (Fsp3) is 0.667. The molecule has 0 saturated carbocycles. The standard InChI is InChI=1S/C9H13N3O/c1-2-7-8-6(4-11-12-8)5-13-9(7)10-3-1/h4,7,9-10H,1-3,5H2,(H,11,12)/t7?,9-/m0/s1. The van der Waals surface area contributed by atoms with Gasteiger partial charge in [0.25, 0.3) is 0 Å². The summed E-state index contributed by atoms with van der Waals surface area (Å²) < 4.78 is 5.70. The van der Waals surface area contributed by atoms with E-state index in [9.17, 15) is 0 Å². The van der Waals surface area contributed by atoms with Crippen molar-refractivity contribution in [3.63, 3.8) is 0 Å². The summed E-state index contributed by atoms with van der Waals surface area (Å²) in [6.07, 6.45) is 4.51. The van der Waals surface area contributed by atoms with Crippen molar-refractivity contribution in [1.29, 1.82) is 0 Å². The highest BCUT2D eigenvalue weighted by Crippen LogP contribution is 2.33. The Morgan fingerprint density at radius 3 is 3.54 bits per heavy atom. The molecule has 1 saturated heterocycles. The molecule has 0 bridgehead atoms. The van der Waals surface area contributed by atoms with Gasteiger partial charge in [-0.15, -0.1) is 0 Å². The zero-order valence-electron chi connectivity index (χ0n) is 7.42. The first kappa shape index (κ1) is 7.53. The van der Waals surface area contributed by atoms with Crippen LogP contribution < -0.4 is 5.32 Å². The van der Waals surface area contributed by atoms with Crippen LogP contribution >= 0.6 is 0 Å². The number of H-pyrrole nitrogens is 1. The van der Waals surface area contributed by atoms with Gasteiger partial charge in [-0.3, -0.25) is 10.4 Å². The highest BCUT2D eigenvalue weighted by molar-refractivity contribution is 5.23. The minimum atomic E-state index is 0.210. The van der Waals surface area contributed by atoms with Gasteiger partial charge >= 0.3 is 0 Å². The van der Waals surface area contributed by atoms with E-state index in [1.54, 1.807) is 0 Å². The van der Waals surface area contributed by atoms with E-state index in [1.807, 2.05) is 6.20 Å². The largest absolute Gasteiger partial charge is 0.358 e. The Balaban J connectivity index is 1.97. The van der Waals surface area contributed by atoms with E-state index in [4.69, 9.17) is 4.74 Å². The van der Waals surface area contributed by atoms with Crippen molar-refractivity contribution in [3.05, 3.63) is 17.5 Å². The number of ether oxygens (including phenoxy) is 1. The summed E-state index contributed by atoms with van der Waals surface area (Å²) in [4.78, 5) is 0. The van der Waals surface area contributed by atoms with E-state index in [1.165, 1.54) is 24.1 Å². The Bertz CT molecular complexity index is 310. The van der Waals surface area contributed by atoms with Crippen molar-refractivity contribution in [1.82, 2.24) is 15.5 Å². The smallest absolute Gasteiger partial charge is 0.117 e. The summed E-state index contributed by atoms with van der Waals surface area (Å²) in [6, 6.07) is 0. The molecule has 70 valence electrons. The van der Waals surface area contributed by atoms with Crippen LogP contribution in [0.3, 0.4) is 0 Å². The average Bonchev–Trinajstić information content (AvgIpc) is 2.65. The second-order valence-corrected chi connectivity index (χ2v) is 3.74. The predicted octanol–water partition coefficient (Wildman–Crippen LogP) is 0.733. The number of hydrogen-bond donors (Lipinski definition) is 2. The van der Waals surface area contributed by atoms with Crippen molar-refractivity contribution in [2.24, 2.45) is 0 Å². The third kappa shape index (κ3) is 1.09. The van der Waals surface area contributed by atoms with Crippen molar-refractivity contribution in [2.45, 2.75) is 31.6 Å². The summed E-state index contributed by atoms with van der Waals surface area (Å²) in [6.45, 7) is 1.77. The summed E-state index contributed by atoms with van der Waals surface area (Å²) in [5, 5.41) is 10.5. The molecular formula is C9H13N3O. The minimum Gasteiger partial charge on any atom is -0.358 e. The number of rotatable bonds is 0. The Morgan fingerprint density at radius 1 is 1.54 bits per heavy atom. The Labute approximate surface area is 76.7 Å². The summed E-state index contributed by atoms with van der Waals surface area (Å²) in [5.41, 5.74) is 2.51.